The van der Waals surface area contributed by atoms with E-state index in [2.05, 4.69) is 10.6 Å². The third-order valence-corrected chi connectivity index (χ3v) is 5.54. The lowest BCUT2D eigenvalue weighted by Gasteiger charge is -2.19. The van der Waals surface area contributed by atoms with Crippen LogP contribution in [0.1, 0.15) is 27.9 Å². The molecule has 150 valence electrons. The summed E-state index contributed by atoms with van der Waals surface area (Å²) in [5.74, 6) is -1.21. The van der Waals surface area contributed by atoms with E-state index in [1.165, 1.54) is 6.07 Å². The summed E-state index contributed by atoms with van der Waals surface area (Å²) in [6, 6.07) is 13.1. The average Bonchev–Trinajstić information content (AvgIpc) is 2.63. The summed E-state index contributed by atoms with van der Waals surface area (Å²) < 4.78 is 23.1. The van der Waals surface area contributed by atoms with Crippen LogP contribution in [0.4, 0.5) is 0 Å². The molecule has 2 amide bonds. The van der Waals surface area contributed by atoms with Gasteiger partial charge in [0.15, 0.2) is 0 Å². The minimum Gasteiger partial charge on any atom is -0.350 e. The Kier molecular flexibility index (Phi) is 7.60. The Bertz CT molecular complexity index is 960. The predicted octanol–water partition coefficient (Wildman–Crippen LogP) is 2.50. The van der Waals surface area contributed by atoms with Crippen molar-refractivity contribution in [3.8, 4) is 0 Å². The molecule has 0 spiro atoms. The number of carbonyl (C=O) groups is 2. The van der Waals surface area contributed by atoms with Crippen LogP contribution in [0.5, 0.6) is 0 Å². The van der Waals surface area contributed by atoms with Gasteiger partial charge in [0.1, 0.15) is 15.9 Å². The molecule has 0 radical (unpaired) electrons. The molecule has 28 heavy (non-hydrogen) atoms. The second-order valence-electron chi connectivity index (χ2n) is 6.57. The minimum atomic E-state index is -3.29. The van der Waals surface area contributed by atoms with Gasteiger partial charge in [0.2, 0.25) is 5.91 Å². The number of aryl methyl sites for hydroxylation is 1. The van der Waals surface area contributed by atoms with Gasteiger partial charge in [-0.15, -0.1) is 0 Å². The van der Waals surface area contributed by atoms with Crippen molar-refractivity contribution in [2.45, 2.75) is 25.9 Å². The van der Waals surface area contributed by atoms with E-state index in [1.807, 2.05) is 31.2 Å². The van der Waals surface area contributed by atoms with Crippen molar-refractivity contribution in [1.82, 2.24) is 10.6 Å². The summed E-state index contributed by atoms with van der Waals surface area (Å²) in [6.07, 6.45) is 1.06. The summed E-state index contributed by atoms with van der Waals surface area (Å²) in [5, 5.41) is 5.62. The van der Waals surface area contributed by atoms with Gasteiger partial charge < -0.3 is 10.6 Å². The summed E-state index contributed by atoms with van der Waals surface area (Å²) >= 11 is 6.03. The number of carbonyl (C=O) groups excluding carboxylic acids is 2. The first-order valence-corrected chi connectivity index (χ1v) is 11.2. The Morgan fingerprint density at radius 1 is 1.07 bits per heavy atom. The van der Waals surface area contributed by atoms with E-state index in [0.717, 1.165) is 17.4 Å². The monoisotopic (exact) mass is 422 g/mol. The molecule has 2 N–H and O–H groups in total. The van der Waals surface area contributed by atoms with Crippen molar-refractivity contribution in [2.24, 2.45) is 0 Å². The van der Waals surface area contributed by atoms with E-state index in [-0.39, 0.29) is 29.3 Å². The number of sulfone groups is 1. The van der Waals surface area contributed by atoms with Gasteiger partial charge in [0.05, 0.1) is 16.3 Å². The van der Waals surface area contributed by atoms with E-state index in [0.29, 0.717) is 0 Å². The van der Waals surface area contributed by atoms with E-state index < -0.39 is 27.7 Å². The molecule has 8 heteroatoms. The first kappa shape index (κ1) is 21.9. The van der Waals surface area contributed by atoms with Crippen LogP contribution in [0.15, 0.2) is 48.5 Å². The molecular formula is C20H23ClN2O4S. The van der Waals surface area contributed by atoms with Gasteiger partial charge in [-0.3, -0.25) is 9.59 Å². The molecule has 0 bridgehead atoms. The molecule has 0 saturated heterocycles. The molecule has 2 aromatic carbocycles. The fourth-order valence-electron chi connectivity index (χ4n) is 2.60. The van der Waals surface area contributed by atoms with Crippen molar-refractivity contribution in [3.63, 3.8) is 0 Å². The molecule has 0 aliphatic rings. The summed E-state index contributed by atoms with van der Waals surface area (Å²) in [7, 11) is -3.29. The SMILES string of the molecule is Cc1ccccc1CNC(=O)[C@@H](CCS(C)(=O)=O)NC(=O)c1ccccc1Cl. The highest BCUT2D eigenvalue weighted by molar-refractivity contribution is 7.90. The second kappa shape index (κ2) is 9.71. The molecule has 1 atom stereocenters. The maximum absolute atomic E-state index is 12.6. The van der Waals surface area contributed by atoms with Crippen LogP contribution in [-0.4, -0.2) is 38.3 Å². The molecular weight excluding hydrogens is 400 g/mol. The zero-order valence-corrected chi connectivity index (χ0v) is 17.3. The Balaban J connectivity index is 2.11. The van der Waals surface area contributed by atoms with Gasteiger partial charge in [-0.1, -0.05) is 48.0 Å². The number of halogens is 1. The normalized spacial score (nSPS) is 12.2. The van der Waals surface area contributed by atoms with Crippen LogP contribution < -0.4 is 10.6 Å². The van der Waals surface area contributed by atoms with Crippen LogP contribution in [0.3, 0.4) is 0 Å². The lowest BCUT2D eigenvalue weighted by atomic mass is 10.1. The zero-order valence-electron chi connectivity index (χ0n) is 15.7. The fourth-order valence-corrected chi connectivity index (χ4v) is 3.48. The van der Waals surface area contributed by atoms with Crippen LogP contribution in [-0.2, 0) is 21.2 Å². The number of hydrogen-bond donors (Lipinski definition) is 2. The van der Waals surface area contributed by atoms with Crippen LogP contribution in [0, 0.1) is 6.92 Å². The average molecular weight is 423 g/mol. The zero-order chi connectivity index (χ0) is 20.7. The molecule has 2 aromatic rings. The smallest absolute Gasteiger partial charge is 0.253 e. The minimum absolute atomic E-state index is 0.0331. The Hall–Kier alpha value is -2.38. The lowest BCUT2D eigenvalue weighted by molar-refractivity contribution is -0.123. The standard InChI is InChI=1S/C20H23ClN2O4S/c1-14-7-3-4-8-15(14)13-22-20(25)18(11-12-28(2,26)27)23-19(24)16-9-5-6-10-17(16)21/h3-10,18H,11-13H2,1-2H3,(H,22,25)(H,23,24)/t18-/m1/s1. The summed E-state index contributed by atoms with van der Waals surface area (Å²) in [6.45, 7) is 2.21. The second-order valence-corrected chi connectivity index (χ2v) is 9.24. The van der Waals surface area contributed by atoms with Gasteiger partial charge >= 0.3 is 0 Å². The Morgan fingerprint density at radius 2 is 1.71 bits per heavy atom. The highest BCUT2D eigenvalue weighted by atomic mass is 35.5. The van der Waals surface area contributed by atoms with Crippen molar-refractivity contribution >= 4 is 33.3 Å². The number of benzene rings is 2. The van der Waals surface area contributed by atoms with E-state index in [9.17, 15) is 18.0 Å². The first-order chi connectivity index (χ1) is 13.2. The molecule has 2 rings (SSSR count). The molecule has 0 saturated carbocycles. The van der Waals surface area contributed by atoms with Crippen molar-refractivity contribution in [3.05, 3.63) is 70.2 Å². The molecule has 0 aliphatic carbocycles. The molecule has 6 nitrogen and oxygen atoms in total. The quantitative estimate of drug-likeness (QED) is 0.683. The lowest BCUT2D eigenvalue weighted by Crippen LogP contribution is -2.47. The number of hydrogen-bond acceptors (Lipinski definition) is 4. The molecule has 0 unspecified atom stereocenters. The third-order valence-electron chi connectivity index (χ3n) is 4.23. The molecule has 0 aromatic heterocycles. The van der Waals surface area contributed by atoms with E-state index in [1.54, 1.807) is 18.2 Å². The number of rotatable bonds is 8. The van der Waals surface area contributed by atoms with Crippen molar-refractivity contribution in [2.75, 3.05) is 12.0 Å². The van der Waals surface area contributed by atoms with Gasteiger partial charge in [-0.2, -0.15) is 0 Å². The number of amides is 2. The first-order valence-electron chi connectivity index (χ1n) is 8.72. The number of nitrogens with one attached hydrogen (secondary N) is 2. The Morgan fingerprint density at radius 3 is 2.36 bits per heavy atom. The Labute approximate surface area is 170 Å². The maximum atomic E-state index is 12.6. The maximum Gasteiger partial charge on any atom is 0.253 e. The van der Waals surface area contributed by atoms with Crippen LogP contribution in [0.25, 0.3) is 0 Å². The largest absolute Gasteiger partial charge is 0.350 e. The molecule has 0 aliphatic heterocycles. The van der Waals surface area contributed by atoms with E-state index >= 15 is 0 Å². The van der Waals surface area contributed by atoms with Gasteiger partial charge in [0, 0.05) is 12.8 Å². The predicted molar refractivity (Wildman–Crippen MR) is 110 cm³/mol. The highest BCUT2D eigenvalue weighted by Crippen LogP contribution is 2.15. The van der Waals surface area contributed by atoms with Crippen LogP contribution >= 0.6 is 11.6 Å². The topological polar surface area (TPSA) is 92.3 Å². The van der Waals surface area contributed by atoms with Gasteiger partial charge in [-0.05, 0) is 36.6 Å². The fraction of sp³-hybridized carbons (Fsp3) is 0.300. The van der Waals surface area contributed by atoms with Crippen molar-refractivity contribution < 1.29 is 18.0 Å². The van der Waals surface area contributed by atoms with Crippen LogP contribution in [0.2, 0.25) is 5.02 Å². The summed E-state index contributed by atoms with van der Waals surface area (Å²) in [4.78, 5) is 25.2. The van der Waals surface area contributed by atoms with E-state index in [4.69, 9.17) is 11.6 Å². The summed E-state index contributed by atoms with van der Waals surface area (Å²) in [5.41, 5.74) is 2.19. The molecule has 0 fully saturated rings. The van der Waals surface area contributed by atoms with Crippen molar-refractivity contribution in [1.29, 1.82) is 0 Å². The molecule has 0 heterocycles. The third kappa shape index (κ3) is 6.65. The highest BCUT2D eigenvalue weighted by Gasteiger charge is 2.23. The van der Waals surface area contributed by atoms with Gasteiger partial charge in [0.25, 0.3) is 5.91 Å². The van der Waals surface area contributed by atoms with Gasteiger partial charge in [-0.25, -0.2) is 8.42 Å².